The Morgan fingerprint density at radius 1 is 1.08 bits per heavy atom. The minimum atomic E-state index is -0.804. The van der Waals surface area contributed by atoms with Crippen LogP contribution >= 0.6 is 0 Å². The van der Waals surface area contributed by atoms with Crippen molar-refractivity contribution in [3.05, 3.63) is 54.2 Å². The molecule has 0 aliphatic heterocycles. The largest absolute Gasteiger partial charge is 0.390 e. The van der Waals surface area contributed by atoms with Crippen LogP contribution < -0.4 is 10.6 Å². The van der Waals surface area contributed by atoms with E-state index in [0.29, 0.717) is 29.0 Å². The Bertz CT molecular complexity index is 892. The summed E-state index contributed by atoms with van der Waals surface area (Å²) in [5.74, 6) is 1.06. The number of nitrogens with zero attached hydrogens (tertiary/aromatic N) is 6. The molecule has 8 heteroatoms. The van der Waals surface area contributed by atoms with Gasteiger partial charge in [0.1, 0.15) is 5.82 Å². The molecule has 0 fully saturated rings. The molecule has 3 rings (SSSR count). The number of benzene rings is 1. The molecule has 2 N–H and O–H groups in total. The van der Waals surface area contributed by atoms with Gasteiger partial charge in [-0.2, -0.15) is 14.4 Å². The van der Waals surface area contributed by atoms with Crippen molar-refractivity contribution in [2.75, 3.05) is 11.9 Å². The third kappa shape index (κ3) is 3.74. The van der Waals surface area contributed by atoms with Crippen LogP contribution in [0.2, 0.25) is 0 Å². The first-order valence-electron chi connectivity index (χ1n) is 7.50. The quantitative estimate of drug-likeness (QED) is 0.447. The van der Waals surface area contributed by atoms with Gasteiger partial charge in [-0.25, -0.2) is 15.0 Å². The second-order valence-electron chi connectivity index (χ2n) is 5.25. The molecule has 0 atom stereocenters. The van der Waals surface area contributed by atoms with E-state index in [1.165, 1.54) is 0 Å². The van der Waals surface area contributed by atoms with E-state index in [0.717, 1.165) is 11.9 Å². The maximum absolute atomic E-state index is 13.5. The Balaban J connectivity index is 2.09. The first-order chi connectivity index (χ1) is 12.1. The zero-order chi connectivity index (χ0) is 17.8. The molecule has 0 unspecified atom stereocenters. The summed E-state index contributed by atoms with van der Waals surface area (Å²) in [5, 5.41) is 0. The minimum Gasteiger partial charge on any atom is -0.390 e. The fourth-order valence-corrected chi connectivity index (χ4v) is 2.26. The van der Waals surface area contributed by atoms with Crippen molar-refractivity contribution in [1.82, 2.24) is 19.9 Å². The van der Waals surface area contributed by atoms with Crippen LogP contribution in [0.25, 0.3) is 11.3 Å². The van der Waals surface area contributed by atoms with E-state index in [2.05, 4.69) is 24.9 Å². The Morgan fingerprint density at radius 3 is 2.52 bits per heavy atom. The van der Waals surface area contributed by atoms with Gasteiger partial charge in [-0.15, -0.1) is 0 Å². The molecule has 0 radical (unpaired) electrons. The predicted molar refractivity (Wildman–Crippen MR) is 94.6 cm³/mol. The highest BCUT2D eigenvalue weighted by molar-refractivity contribution is 5.67. The van der Waals surface area contributed by atoms with Gasteiger partial charge in [0.05, 0.1) is 12.0 Å². The van der Waals surface area contributed by atoms with Crippen molar-refractivity contribution in [2.24, 2.45) is 10.7 Å². The zero-order valence-corrected chi connectivity index (χ0v) is 13.8. The SMILES string of the molecule is Cc1cc(N(C)c2nc(N=CN)cc(-c3ccccc3)n2)nc(F)n1. The monoisotopic (exact) mass is 337 g/mol. The number of halogens is 1. The first kappa shape index (κ1) is 16.4. The number of rotatable bonds is 4. The second kappa shape index (κ2) is 7.00. The van der Waals surface area contributed by atoms with Crippen molar-refractivity contribution in [3.63, 3.8) is 0 Å². The Labute approximate surface area is 144 Å². The summed E-state index contributed by atoms with van der Waals surface area (Å²) in [6, 6.07) is 13.0. The van der Waals surface area contributed by atoms with Gasteiger partial charge in [-0.1, -0.05) is 30.3 Å². The van der Waals surface area contributed by atoms with Crippen LogP contribution in [0.4, 0.5) is 22.0 Å². The normalized spacial score (nSPS) is 11.0. The number of hydrogen-bond acceptors (Lipinski definition) is 6. The average molecular weight is 337 g/mol. The number of aliphatic imine (C=N–C) groups is 1. The molecular formula is C17H16FN7. The van der Waals surface area contributed by atoms with Crippen LogP contribution in [0.3, 0.4) is 0 Å². The Kier molecular flexibility index (Phi) is 4.60. The van der Waals surface area contributed by atoms with Gasteiger partial charge >= 0.3 is 6.08 Å². The van der Waals surface area contributed by atoms with E-state index in [1.54, 1.807) is 31.0 Å². The lowest BCUT2D eigenvalue weighted by Gasteiger charge is -2.17. The van der Waals surface area contributed by atoms with Crippen LogP contribution in [0.1, 0.15) is 5.69 Å². The van der Waals surface area contributed by atoms with E-state index in [4.69, 9.17) is 5.73 Å². The van der Waals surface area contributed by atoms with Crippen molar-refractivity contribution in [3.8, 4) is 11.3 Å². The molecule has 0 saturated heterocycles. The molecule has 0 bridgehead atoms. The van der Waals surface area contributed by atoms with Crippen LogP contribution in [-0.2, 0) is 0 Å². The van der Waals surface area contributed by atoms with Gasteiger partial charge < -0.3 is 5.73 Å². The predicted octanol–water partition coefficient (Wildman–Crippen LogP) is 2.77. The molecule has 0 aliphatic carbocycles. The molecular weight excluding hydrogens is 321 g/mol. The summed E-state index contributed by atoms with van der Waals surface area (Å²) in [5.41, 5.74) is 7.47. The summed E-state index contributed by atoms with van der Waals surface area (Å²) < 4.78 is 13.5. The third-order valence-electron chi connectivity index (χ3n) is 3.43. The highest BCUT2D eigenvalue weighted by atomic mass is 19.1. The fraction of sp³-hybridized carbons (Fsp3) is 0.118. The molecule has 0 aliphatic rings. The van der Waals surface area contributed by atoms with Crippen LogP contribution in [-0.4, -0.2) is 33.3 Å². The van der Waals surface area contributed by atoms with Crippen molar-refractivity contribution in [1.29, 1.82) is 0 Å². The topological polar surface area (TPSA) is 93.2 Å². The average Bonchev–Trinajstić information content (AvgIpc) is 2.61. The molecule has 25 heavy (non-hydrogen) atoms. The lowest BCUT2D eigenvalue weighted by Crippen LogP contribution is -2.16. The summed E-state index contributed by atoms with van der Waals surface area (Å²) >= 11 is 0. The molecule has 0 spiro atoms. The molecule has 0 amide bonds. The minimum absolute atomic E-state index is 0.319. The maximum Gasteiger partial charge on any atom is 0.310 e. The third-order valence-corrected chi connectivity index (χ3v) is 3.43. The van der Waals surface area contributed by atoms with E-state index < -0.39 is 6.08 Å². The summed E-state index contributed by atoms with van der Waals surface area (Å²) in [6.45, 7) is 1.69. The standard InChI is InChI=1S/C17H16FN7/c1-11-8-15(24-16(18)21-11)25(2)17-22-13(9-14(23-17)20-10-19)12-6-4-3-5-7-12/h3-10H,1-2H3,(H2,19,20,22,23). The highest BCUT2D eigenvalue weighted by Crippen LogP contribution is 2.26. The zero-order valence-electron chi connectivity index (χ0n) is 13.8. The Hall–Kier alpha value is -3.42. The lowest BCUT2D eigenvalue weighted by atomic mass is 10.1. The maximum atomic E-state index is 13.5. The first-order valence-corrected chi connectivity index (χ1v) is 7.50. The molecule has 3 aromatic rings. The number of nitrogens with two attached hydrogens (primary N) is 1. The summed E-state index contributed by atoms with van der Waals surface area (Å²) in [6.07, 6.45) is 0.358. The molecule has 126 valence electrons. The van der Waals surface area contributed by atoms with Crippen molar-refractivity contribution in [2.45, 2.75) is 6.92 Å². The van der Waals surface area contributed by atoms with Gasteiger partial charge in [0.15, 0.2) is 5.82 Å². The number of aromatic nitrogens is 4. The molecule has 2 heterocycles. The van der Waals surface area contributed by atoms with Crippen molar-refractivity contribution >= 4 is 23.9 Å². The number of anilines is 2. The van der Waals surface area contributed by atoms with Crippen LogP contribution in [0.15, 0.2) is 47.5 Å². The van der Waals surface area contributed by atoms with E-state index >= 15 is 0 Å². The molecule has 1 aromatic carbocycles. The molecule has 7 nitrogen and oxygen atoms in total. The lowest BCUT2D eigenvalue weighted by molar-refractivity contribution is 0.535. The van der Waals surface area contributed by atoms with Crippen LogP contribution in [0, 0.1) is 13.0 Å². The van der Waals surface area contributed by atoms with E-state index in [9.17, 15) is 4.39 Å². The summed E-state index contributed by atoms with van der Waals surface area (Å²) in [4.78, 5) is 21.9. The number of aryl methyl sites for hydroxylation is 1. The molecule has 0 saturated carbocycles. The van der Waals surface area contributed by atoms with E-state index in [-0.39, 0.29) is 0 Å². The van der Waals surface area contributed by atoms with Gasteiger partial charge in [-0.05, 0) is 6.92 Å². The smallest absolute Gasteiger partial charge is 0.310 e. The second-order valence-corrected chi connectivity index (χ2v) is 5.25. The fourth-order valence-electron chi connectivity index (χ4n) is 2.26. The summed E-state index contributed by atoms with van der Waals surface area (Å²) in [7, 11) is 1.70. The van der Waals surface area contributed by atoms with Gasteiger partial charge in [-0.3, -0.25) is 4.90 Å². The van der Waals surface area contributed by atoms with Gasteiger partial charge in [0.25, 0.3) is 0 Å². The van der Waals surface area contributed by atoms with E-state index in [1.807, 2.05) is 30.3 Å². The number of hydrogen-bond donors (Lipinski definition) is 1. The highest BCUT2D eigenvalue weighted by Gasteiger charge is 2.14. The Morgan fingerprint density at radius 2 is 1.84 bits per heavy atom. The van der Waals surface area contributed by atoms with Crippen LogP contribution in [0.5, 0.6) is 0 Å². The van der Waals surface area contributed by atoms with Crippen molar-refractivity contribution < 1.29 is 4.39 Å². The van der Waals surface area contributed by atoms with Gasteiger partial charge in [0.2, 0.25) is 5.95 Å². The van der Waals surface area contributed by atoms with Gasteiger partial charge in [0, 0.05) is 30.4 Å². The molecule has 2 aromatic heterocycles.